The Hall–Kier alpha value is -0.293. The van der Waals surface area contributed by atoms with Crippen molar-refractivity contribution >= 4 is 9.52 Å². The quantitative estimate of drug-likeness (QED) is 0.394. The molecule has 0 N–H and O–H groups in total. The van der Waals surface area contributed by atoms with Crippen molar-refractivity contribution in [2.75, 3.05) is 0 Å². The van der Waals surface area contributed by atoms with Crippen LogP contribution in [-0.2, 0) is 0 Å². The van der Waals surface area contributed by atoms with Gasteiger partial charge in [-0.15, -0.1) is 0 Å². The first-order valence-corrected chi connectivity index (χ1v) is 5.20. The summed E-state index contributed by atoms with van der Waals surface area (Å²) in [5, 5.41) is 8.06. The average molecular weight is 113 g/mol. The summed E-state index contributed by atoms with van der Waals surface area (Å²) in [6.07, 6.45) is 1.90. The first-order valence-electron chi connectivity index (χ1n) is 2.78. The van der Waals surface area contributed by atoms with Gasteiger partial charge in [0.05, 0.1) is 6.07 Å². The molecule has 0 spiro atoms. The summed E-state index contributed by atoms with van der Waals surface area (Å²) in [6, 6.07) is 3.47. The Morgan fingerprint density at radius 3 is 2.86 bits per heavy atom. The lowest BCUT2D eigenvalue weighted by Crippen LogP contribution is -1.78. The van der Waals surface area contributed by atoms with Gasteiger partial charge < -0.3 is 0 Å². The lowest BCUT2D eigenvalue weighted by molar-refractivity contribution is 0.960. The topological polar surface area (TPSA) is 23.8 Å². The van der Waals surface area contributed by atoms with Crippen LogP contribution in [0.15, 0.2) is 0 Å². The SMILES string of the molecule is C[SiH2]CCCC#N. The van der Waals surface area contributed by atoms with Crippen LogP contribution in [0.25, 0.3) is 0 Å². The summed E-state index contributed by atoms with van der Waals surface area (Å²) in [5.41, 5.74) is 0. The second-order valence-electron chi connectivity index (χ2n) is 1.62. The Bertz CT molecular complexity index is 65.0. The van der Waals surface area contributed by atoms with Gasteiger partial charge in [-0.2, -0.15) is 5.26 Å². The first-order chi connectivity index (χ1) is 3.41. The maximum atomic E-state index is 8.06. The van der Waals surface area contributed by atoms with Crippen molar-refractivity contribution in [1.82, 2.24) is 0 Å². The van der Waals surface area contributed by atoms with Crippen LogP contribution in [0.5, 0.6) is 0 Å². The second-order valence-corrected chi connectivity index (χ2v) is 3.32. The summed E-state index contributed by atoms with van der Waals surface area (Å²) in [4.78, 5) is 0. The predicted molar refractivity (Wildman–Crippen MR) is 34.1 cm³/mol. The lowest BCUT2D eigenvalue weighted by atomic mass is 10.4. The zero-order valence-corrected chi connectivity index (χ0v) is 6.19. The fraction of sp³-hybridized carbons (Fsp3) is 0.800. The summed E-state index contributed by atoms with van der Waals surface area (Å²) in [6.45, 7) is 2.28. The molecule has 0 aromatic rings. The van der Waals surface area contributed by atoms with Gasteiger partial charge >= 0.3 is 0 Å². The molecule has 40 valence electrons. The van der Waals surface area contributed by atoms with Gasteiger partial charge in [0.1, 0.15) is 0 Å². The van der Waals surface area contributed by atoms with Crippen LogP contribution in [0, 0.1) is 11.3 Å². The number of hydrogen-bond acceptors (Lipinski definition) is 1. The highest BCUT2D eigenvalue weighted by molar-refractivity contribution is 6.33. The highest BCUT2D eigenvalue weighted by Crippen LogP contribution is 1.91. The zero-order chi connectivity index (χ0) is 5.54. The van der Waals surface area contributed by atoms with Crippen molar-refractivity contribution in [2.24, 2.45) is 0 Å². The molecule has 0 unspecified atom stereocenters. The fourth-order valence-corrected chi connectivity index (χ4v) is 1.20. The Labute approximate surface area is 47.2 Å². The molecule has 0 amide bonds. The zero-order valence-electron chi connectivity index (χ0n) is 4.78. The largest absolute Gasteiger partial charge is 0.198 e. The molecule has 0 aromatic carbocycles. The molecule has 0 fully saturated rings. The molecule has 0 heterocycles. The number of rotatable bonds is 3. The van der Waals surface area contributed by atoms with E-state index in [1.165, 1.54) is 6.04 Å². The lowest BCUT2D eigenvalue weighted by Gasteiger charge is -1.83. The van der Waals surface area contributed by atoms with E-state index in [2.05, 4.69) is 12.6 Å². The third-order valence-electron chi connectivity index (χ3n) is 0.892. The van der Waals surface area contributed by atoms with E-state index in [9.17, 15) is 0 Å². The minimum atomic E-state index is 0.243. The van der Waals surface area contributed by atoms with E-state index in [0.29, 0.717) is 0 Å². The average Bonchev–Trinajstić information content (AvgIpc) is 1.69. The number of nitrogens with zero attached hydrogens (tertiary/aromatic N) is 1. The Balaban J connectivity index is 2.60. The predicted octanol–water partition coefficient (Wildman–Crippen LogP) is 0.925. The van der Waals surface area contributed by atoms with E-state index in [4.69, 9.17) is 5.26 Å². The van der Waals surface area contributed by atoms with Crippen molar-refractivity contribution in [3.63, 3.8) is 0 Å². The van der Waals surface area contributed by atoms with Crippen molar-refractivity contribution in [3.05, 3.63) is 0 Å². The van der Waals surface area contributed by atoms with Crippen LogP contribution in [0.3, 0.4) is 0 Å². The number of nitriles is 1. The van der Waals surface area contributed by atoms with E-state index in [1.807, 2.05) is 0 Å². The van der Waals surface area contributed by atoms with Crippen LogP contribution in [0.4, 0.5) is 0 Å². The molecule has 0 rings (SSSR count). The minimum Gasteiger partial charge on any atom is -0.198 e. The monoisotopic (exact) mass is 113 g/mol. The molecule has 0 aliphatic rings. The van der Waals surface area contributed by atoms with Crippen LogP contribution >= 0.6 is 0 Å². The molecule has 2 heteroatoms. The third-order valence-corrected chi connectivity index (χ3v) is 2.10. The minimum absolute atomic E-state index is 0.243. The van der Waals surface area contributed by atoms with Gasteiger partial charge in [0, 0.05) is 15.9 Å². The normalized spacial score (nSPS) is 9.71. The van der Waals surface area contributed by atoms with Gasteiger partial charge in [-0.1, -0.05) is 12.6 Å². The molecule has 0 aliphatic carbocycles. The van der Waals surface area contributed by atoms with Gasteiger partial charge in [0.15, 0.2) is 0 Å². The highest BCUT2D eigenvalue weighted by Gasteiger charge is 1.80. The van der Waals surface area contributed by atoms with Gasteiger partial charge in [0.25, 0.3) is 0 Å². The molecular weight excluding hydrogens is 102 g/mol. The van der Waals surface area contributed by atoms with Crippen molar-refractivity contribution in [3.8, 4) is 6.07 Å². The molecule has 0 aromatic heterocycles. The first kappa shape index (κ1) is 6.71. The molecule has 0 aliphatic heterocycles. The Kier molecular flexibility index (Phi) is 5.47. The molecule has 0 radical (unpaired) electrons. The number of hydrogen-bond donors (Lipinski definition) is 0. The van der Waals surface area contributed by atoms with E-state index >= 15 is 0 Å². The second kappa shape index (κ2) is 5.71. The maximum Gasteiger partial charge on any atom is 0.0621 e. The Morgan fingerprint density at radius 1 is 1.71 bits per heavy atom. The van der Waals surface area contributed by atoms with Gasteiger partial charge in [-0.05, 0) is 6.42 Å². The molecule has 0 saturated carbocycles. The number of unbranched alkanes of at least 4 members (excludes halogenated alkanes) is 1. The summed E-state index contributed by atoms with van der Waals surface area (Å²) < 4.78 is 0. The molecule has 7 heavy (non-hydrogen) atoms. The van der Waals surface area contributed by atoms with Crippen molar-refractivity contribution in [2.45, 2.75) is 25.4 Å². The van der Waals surface area contributed by atoms with Gasteiger partial charge in [-0.3, -0.25) is 0 Å². The van der Waals surface area contributed by atoms with E-state index < -0.39 is 0 Å². The highest BCUT2D eigenvalue weighted by atomic mass is 28.2. The third kappa shape index (κ3) is 5.71. The molecular formula is C5H11NSi. The Morgan fingerprint density at radius 2 is 2.43 bits per heavy atom. The van der Waals surface area contributed by atoms with Crippen LogP contribution in [-0.4, -0.2) is 9.52 Å². The van der Waals surface area contributed by atoms with E-state index in [0.717, 1.165) is 12.8 Å². The smallest absolute Gasteiger partial charge is 0.0621 e. The molecule has 0 atom stereocenters. The molecule has 1 nitrogen and oxygen atoms in total. The fourth-order valence-electron chi connectivity index (χ4n) is 0.454. The van der Waals surface area contributed by atoms with Crippen LogP contribution in [0.2, 0.25) is 12.6 Å². The van der Waals surface area contributed by atoms with E-state index in [1.54, 1.807) is 0 Å². The molecule has 0 bridgehead atoms. The van der Waals surface area contributed by atoms with Crippen molar-refractivity contribution in [1.29, 1.82) is 5.26 Å². The van der Waals surface area contributed by atoms with Crippen LogP contribution in [0.1, 0.15) is 12.8 Å². The summed E-state index contributed by atoms with van der Waals surface area (Å²) in [7, 11) is 0.243. The van der Waals surface area contributed by atoms with Gasteiger partial charge in [0.2, 0.25) is 0 Å². The summed E-state index contributed by atoms with van der Waals surface area (Å²) >= 11 is 0. The molecule has 0 saturated heterocycles. The van der Waals surface area contributed by atoms with E-state index in [-0.39, 0.29) is 9.52 Å². The summed E-state index contributed by atoms with van der Waals surface area (Å²) in [5.74, 6) is 0. The van der Waals surface area contributed by atoms with Crippen LogP contribution < -0.4 is 0 Å². The van der Waals surface area contributed by atoms with Gasteiger partial charge in [-0.25, -0.2) is 0 Å². The standard InChI is InChI=1S/C5H11NSi/c1-7-5-3-2-4-6/h2-3,5,7H2,1H3. The van der Waals surface area contributed by atoms with Crippen molar-refractivity contribution < 1.29 is 0 Å². The maximum absolute atomic E-state index is 8.06.